The summed E-state index contributed by atoms with van der Waals surface area (Å²) in [5.74, 6) is -1.04. The SMILES string of the molecule is CCOC(=O)c1cc(CN(C)C(=O)c2cc(CN(C)C(=O)c3ccc4cc(C)ccc4n3)c3cc(C)ccc3n2)c2cc(C)ccc2n1. The Morgan fingerprint density at radius 3 is 1.65 bits per heavy atom. The number of hydrogen-bond donors (Lipinski definition) is 0. The van der Waals surface area contributed by atoms with Gasteiger partial charge in [0, 0.05) is 43.3 Å². The molecule has 0 radical (unpaired) electrons. The number of nitrogens with zero attached hydrogens (tertiary/aromatic N) is 5. The van der Waals surface area contributed by atoms with Gasteiger partial charge in [-0.1, -0.05) is 41.0 Å². The first-order chi connectivity index (χ1) is 23.0. The number of fused-ring (bicyclic) bond motifs is 3. The average molecular weight is 640 g/mol. The minimum absolute atomic E-state index is 0.189. The van der Waals surface area contributed by atoms with E-state index in [-0.39, 0.29) is 42.9 Å². The first kappa shape index (κ1) is 32.2. The molecule has 0 saturated carbocycles. The summed E-state index contributed by atoms with van der Waals surface area (Å²) < 4.78 is 5.22. The number of aryl methyl sites for hydroxylation is 3. The molecule has 0 aliphatic heterocycles. The van der Waals surface area contributed by atoms with Crippen LogP contribution in [0.3, 0.4) is 0 Å². The number of carbonyl (C=O) groups excluding carboxylic acids is 3. The van der Waals surface area contributed by atoms with E-state index >= 15 is 0 Å². The van der Waals surface area contributed by atoms with Crippen molar-refractivity contribution in [2.45, 2.75) is 40.8 Å². The van der Waals surface area contributed by atoms with Crippen molar-refractivity contribution in [3.05, 3.63) is 124 Å². The summed E-state index contributed by atoms with van der Waals surface area (Å²) in [7, 11) is 3.44. The lowest BCUT2D eigenvalue weighted by molar-refractivity contribution is 0.0519. The molecule has 3 heterocycles. The van der Waals surface area contributed by atoms with Crippen molar-refractivity contribution in [1.29, 1.82) is 0 Å². The Morgan fingerprint density at radius 1 is 0.583 bits per heavy atom. The van der Waals surface area contributed by atoms with Crippen LogP contribution in [0.5, 0.6) is 0 Å². The Kier molecular flexibility index (Phi) is 8.86. The normalized spacial score (nSPS) is 11.2. The summed E-state index contributed by atoms with van der Waals surface area (Å²) in [6.07, 6.45) is 0. The van der Waals surface area contributed by atoms with E-state index in [1.807, 2.05) is 81.4 Å². The van der Waals surface area contributed by atoms with Crippen LogP contribution in [0.25, 0.3) is 32.7 Å². The molecule has 0 aliphatic rings. The lowest BCUT2D eigenvalue weighted by Crippen LogP contribution is -2.29. The smallest absolute Gasteiger partial charge is 0.356 e. The fourth-order valence-electron chi connectivity index (χ4n) is 5.91. The number of rotatable bonds is 8. The molecule has 242 valence electrons. The van der Waals surface area contributed by atoms with Crippen molar-refractivity contribution in [2.75, 3.05) is 20.7 Å². The predicted molar refractivity (Wildman–Crippen MR) is 187 cm³/mol. The highest BCUT2D eigenvalue weighted by Gasteiger charge is 2.22. The van der Waals surface area contributed by atoms with Crippen LogP contribution < -0.4 is 0 Å². The van der Waals surface area contributed by atoms with Gasteiger partial charge in [-0.3, -0.25) is 9.59 Å². The van der Waals surface area contributed by atoms with Gasteiger partial charge in [0.15, 0.2) is 0 Å². The van der Waals surface area contributed by atoms with Crippen LogP contribution in [-0.2, 0) is 17.8 Å². The minimum atomic E-state index is -0.515. The van der Waals surface area contributed by atoms with Gasteiger partial charge in [0.1, 0.15) is 17.1 Å². The molecule has 6 aromatic rings. The van der Waals surface area contributed by atoms with Gasteiger partial charge in [-0.2, -0.15) is 0 Å². The summed E-state index contributed by atoms with van der Waals surface area (Å²) in [4.78, 5) is 57.3. The Bertz CT molecular complexity index is 2250. The molecule has 0 unspecified atom stereocenters. The summed E-state index contributed by atoms with van der Waals surface area (Å²) >= 11 is 0. The second kappa shape index (κ2) is 13.2. The molecule has 0 atom stereocenters. The summed E-state index contributed by atoms with van der Waals surface area (Å²) in [6.45, 7) is 8.44. The number of hydrogen-bond acceptors (Lipinski definition) is 7. The van der Waals surface area contributed by atoms with Crippen LogP contribution in [0.15, 0.2) is 78.9 Å². The molecule has 3 aromatic carbocycles. The predicted octanol–water partition coefficient (Wildman–Crippen LogP) is 6.98. The van der Waals surface area contributed by atoms with Gasteiger partial charge in [-0.25, -0.2) is 19.7 Å². The number of ether oxygens (including phenoxy) is 1. The molecule has 9 nitrogen and oxygen atoms in total. The molecule has 0 fully saturated rings. The molecule has 0 N–H and O–H groups in total. The van der Waals surface area contributed by atoms with Crippen molar-refractivity contribution >= 4 is 50.5 Å². The Morgan fingerprint density at radius 2 is 1.06 bits per heavy atom. The van der Waals surface area contributed by atoms with Crippen LogP contribution in [0.1, 0.15) is 66.2 Å². The molecule has 48 heavy (non-hydrogen) atoms. The van der Waals surface area contributed by atoms with Crippen LogP contribution in [0, 0.1) is 20.8 Å². The zero-order valence-electron chi connectivity index (χ0n) is 28.0. The fraction of sp³-hybridized carbons (Fsp3) is 0.231. The molecular weight excluding hydrogens is 602 g/mol. The first-order valence-electron chi connectivity index (χ1n) is 15.9. The summed E-state index contributed by atoms with van der Waals surface area (Å²) in [6, 6.07) is 24.7. The maximum absolute atomic E-state index is 14.0. The Balaban J connectivity index is 1.31. The second-order valence-electron chi connectivity index (χ2n) is 12.3. The van der Waals surface area contributed by atoms with E-state index in [0.29, 0.717) is 16.7 Å². The van der Waals surface area contributed by atoms with E-state index in [4.69, 9.17) is 9.72 Å². The maximum atomic E-state index is 14.0. The van der Waals surface area contributed by atoms with Gasteiger partial charge in [-0.15, -0.1) is 0 Å². The quantitative estimate of drug-likeness (QED) is 0.166. The van der Waals surface area contributed by atoms with E-state index in [1.165, 1.54) is 0 Å². The Labute approximate surface area is 279 Å². The number of benzene rings is 3. The van der Waals surface area contributed by atoms with Crippen LogP contribution in [0.4, 0.5) is 0 Å². The van der Waals surface area contributed by atoms with E-state index in [0.717, 1.165) is 49.5 Å². The van der Waals surface area contributed by atoms with Crippen LogP contribution in [-0.4, -0.2) is 63.2 Å². The lowest BCUT2D eigenvalue weighted by Gasteiger charge is -2.21. The third kappa shape index (κ3) is 6.57. The molecule has 0 spiro atoms. The molecule has 0 saturated heterocycles. The molecule has 9 heteroatoms. The van der Waals surface area contributed by atoms with Crippen molar-refractivity contribution in [3.63, 3.8) is 0 Å². The van der Waals surface area contributed by atoms with Crippen molar-refractivity contribution in [1.82, 2.24) is 24.8 Å². The van der Waals surface area contributed by atoms with Crippen molar-refractivity contribution in [2.24, 2.45) is 0 Å². The minimum Gasteiger partial charge on any atom is -0.461 e. The number of amides is 2. The highest BCUT2D eigenvalue weighted by molar-refractivity contribution is 5.98. The second-order valence-corrected chi connectivity index (χ2v) is 12.3. The van der Waals surface area contributed by atoms with Gasteiger partial charge < -0.3 is 14.5 Å². The molecule has 3 aromatic heterocycles. The van der Waals surface area contributed by atoms with Crippen molar-refractivity contribution < 1.29 is 19.1 Å². The molecule has 2 amide bonds. The standard InChI is InChI=1S/C39H37N5O4/c1-7-48-39(47)36-20-28(30-18-25(4)10-14-33(30)42-36)22-44(6)38(46)35-19-27(29-17-24(3)9-13-32(29)41-35)21-43(5)37(45)34-15-11-26-16-23(2)8-12-31(26)40-34/h8-20H,7,21-22H2,1-6H3. The van der Waals surface area contributed by atoms with Gasteiger partial charge in [0.25, 0.3) is 11.8 Å². The van der Waals surface area contributed by atoms with Crippen LogP contribution >= 0.6 is 0 Å². The third-order valence-corrected chi connectivity index (χ3v) is 8.38. The zero-order chi connectivity index (χ0) is 34.1. The third-order valence-electron chi connectivity index (χ3n) is 8.38. The molecule has 0 bridgehead atoms. The van der Waals surface area contributed by atoms with E-state index in [2.05, 4.69) is 9.97 Å². The largest absolute Gasteiger partial charge is 0.461 e. The van der Waals surface area contributed by atoms with Crippen molar-refractivity contribution in [3.8, 4) is 0 Å². The number of esters is 1. The van der Waals surface area contributed by atoms with Gasteiger partial charge in [0.2, 0.25) is 0 Å². The zero-order valence-corrected chi connectivity index (χ0v) is 28.0. The lowest BCUT2D eigenvalue weighted by atomic mass is 10.0. The highest BCUT2D eigenvalue weighted by Crippen LogP contribution is 2.25. The van der Waals surface area contributed by atoms with Gasteiger partial charge in [-0.05, 0) is 93.4 Å². The first-order valence-corrected chi connectivity index (χ1v) is 15.9. The number of aromatic nitrogens is 3. The van der Waals surface area contributed by atoms with Crippen LogP contribution in [0.2, 0.25) is 0 Å². The van der Waals surface area contributed by atoms with E-state index in [9.17, 15) is 14.4 Å². The van der Waals surface area contributed by atoms with Gasteiger partial charge in [0.05, 0.1) is 23.2 Å². The maximum Gasteiger partial charge on any atom is 0.356 e. The van der Waals surface area contributed by atoms with E-state index in [1.54, 1.807) is 49.0 Å². The number of carbonyl (C=O) groups is 3. The monoisotopic (exact) mass is 639 g/mol. The Hall–Kier alpha value is -5.70. The fourth-order valence-corrected chi connectivity index (χ4v) is 5.91. The number of pyridine rings is 3. The highest BCUT2D eigenvalue weighted by atomic mass is 16.5. The van der Waals surface area contributed by atoms with Gasteiger partial charge >= 0.3 is 5.97 Å². The summed E-state index contributed by atoms with van der Waals surface area (Å²) in [5.41, 5.74) is 7.61. The average Bonchev–Trinajstić information content (AvgIpc) is 3.07. The molecular formula is C39H37N5O4. The molecule has 0 aliphatic carbocycles. The summed E-state index contributed by atoms with van der Waals surface area (Å²) in [5, 5.41) is 2.69. The topological polar surface area (TPSA) is 106 Å². The molecule has 6 rings (SSSR count). The van der Waals surface area contributed by atoms with E-state index < -0.39 is 5.97 Å².